The minimum atomic E-state index is -1.08. The van der Waals surface area contributed by atoms with Gasteiger partial charge in [-0.25, -0.2) is 9.18 Å². The molecule has 2 aromatic rings. The van der Waals surface area contributed by atoms with E-state index in [2.05, 4.69) is 0 Å². The summed E-state index contributed by atoms with van der Waals surface area (Å²) in [6.45, 7) is 1.87. The van der Waals surface area contributed by atoms with Gasteiger partial charge in [0.25, 0.3) is 0 Å². The van der Waals surface area contributed by atoms with Gasteiger partial charge in [0.05, 0.1) is 6.54 Å². The number of furan rings is 1. The molecule has 0 bridgehead atoms. The lowest BCUT2D eigenvalue weighted by Crippen LogP contribution is -2.38. The van der Waals surface area contributed by atoms with Gasteiger partial charge in [0.2, 0.25) is 11.8 Å². The minimum Gasteiger partial charge on any atom is -0.478 e. The van der Waals surface area contributed by atoms with Crippen LogP contribution >= 0.6 is 0 Å². The monoisotopic (exact) mass is 388 g/mol. The van der Waals surface area contributed by atoms with Crippen molar-refractivity contribution in [1.82, 2.24) is 4.90 Å². The molecule has 0 saturated heterocycles. The number of anilines is 1. The molecular weight excluding hydrogens is 367 g/mol. The number of nitrogens with zero attached hydrogens (tertiary/aromatic N) is 2. The molecule has 148 valence electrons. The number of carbonyl (C=O) groups excluding carboxylic acids is 2. The lowest BCUT2D eigenvalue weighted by atomic mass is 10.0. The van der Waals surface area contributed by atoms with Crippen molar-refractivity contribution in [1.29, 1.82) is 0 Å². The van der Waals surface area contributed by atoms with Crippen LogP contribution < -0.4 is 4.90 Å². The van der Waals surface area contributed by atoms with E-state index in [9.17, 15) is 18.8 Å². The van der Waals surface area contributed by atoms with Crippen LogP contribution in [-0.4, -0.2) is 41.4 Å². The first-order valence-corrected chi connectivity index (χ1v) is 8.91. The highest BCUT2D eigenvalue weighted by molar-refractivity contribution is 5.97. The lowest BCUT2D eigenvalue weighted by Gasteiger charge is -2.29. The number of carboxylic acid groups (broad SMARTS) is 1. The third-order valence-corrected chi connectivity index (χ3v) is 4.81. The van der Waals surface area contributed by atoms with E-state index >= 15 is 0 Å². The summed E-state index contributed by atoms with van der Waals surface area (Å²) in [6, 6.07) is 5.69. The van der Waals surface area contributed by atoms with Gasteiger partial charge in [-0.1, -0.05) is 0 Å². The Bertz CT molecular complexity index is 937. The molecule has 0 aliphatic carbocycles. The van der Waals surface area contributed by atoms with Crippen LogP contribution in [0.15, 0.2) is 28.7 Å². The maximum atomic E-state index is 13.4. The molecule has 3 rings (SSSR count). The van der Waals surface area contributed by atoms with Crippen molar-refractivity contribution in [2.45, 2.75) is 32.7 Å². The van der Waals surface area contributed by atoms with Gasteiger partial charge in [-0.05, 0) is 43.2 Å². The highest BCUT2D eigenvalue weighted by atomic mass is 19.1. The summed E-state index contributed by atoms with van der Waals surface area (Å²) in [4.78, 5) is 38.7. The standard InChI is InChI=1S/C20H21FN2O5/c1-12-16(20(26)27)10-15(28-12)11-22(2)18(24)7-8-23-17-5-4-14(21)9-13(17)3-6-19(23)25/h4-5,9-10H,3,6-8,11H2,1-2H3,(H,26,27). The molecule has 2 heterocycles. The second-order valence-corrected chi connectivity index (χ2v) is 6.81. The molecule has 0 atom stereocenters. The molecule has 0 unspecified atom stereocenters. The highest BCUT2D eigenvalue weighted by Gasteiger charge is 2.25. The fourth-order valence-electron chi connectivity index (χ4n) is 3.33. The summed E-state index contributed by atoms with van der Waals surface area (Å²) in [7, 11) is 1.59. The van der Waals surface area contributed by atoms with Crippen LogP contribution in [0, 0.1) is 12.7 Å². The van der Waals surface area contributed by atoms with Crippen molar-refractivity contribution < 1.29 is 28.3 Å². The molecule has 1 aromatic heterocycles. The summed E-state index contributed by atoms with van der Waals surface area (Å²) >= 11 is 0. The number of rotatable bonds is 6. The van der Waals surface area contributed by atoms with Crippen molar-refractivity contribution in [3.8, 4) is 0 Å². The fraction of sp³-hybridized carbons (Fsp3) is 0.350. The maximum Gasteiger partial charge on any atom is 0.339 e. The first-order valence-electron chi connectivity index (χ1n) is 8.91. The molecule has 8 heteroatoms. The van der Waals surface area contributed by atoms with Gasteiger partial charge in [0.15, 0.2) is 0 Å². The Morgan fingerprint density at radius 3 is 2.71 bits per heavy atom. The Morgan fingerprint density at radius 2 is 2.04 bits per heavy atom. The summed E-state index contributed by atoms with van der Waals surface area (Å²) in [5, 5.41) is 9.07. The van der Waals surface area contributed by atoms with Gasteiger partial charge < -0.3 is 19.3 Å². The number of halogens is 1. The van der Waals surface area contributed by atoms with Crippen LogP contribution in [0.1, 0.15) is 40.3 Å². The van der Waals surface area contributed by atoms with Crippen LogP contribution in [0.25, 0.3) is 0 Å². The lowest BCUT2D eigenvalue weighted by molar-refractivity contribution is -0.130. The van der Waals surface area contributed by atoms with Gasteiger partial charge in [-0.15, -0.1) is 0 Å². The molecule has 1 N–H and O–H groups in total. The van der Waals surface area contributed by atoms with Gasteiger partial charge >= 0.3 is 5.97 Å². The number of hydrogen-bond acceptors (Lipinski definition) is 4. The zero-order valence-corrected chi connectivity index (χ0v) is 15.7. The normalized spacial score (nSPS) is 13.4. The van der Waals surface area contributed by atoms with E-state index in [1.165, 1.54) is 28.0 Å². The van der Waals surface area contributed by atoms with E-state index in [0.717, 1.165) is 5.56 Å². The summed E-state index contributed by atoms with van der Waals surface area (Å²) in [5.41, 5.74) is 1.46. The van der Waals surface area contributed by atoms with E-state index in [1.807, 2.05) is 0 Å². The SMILES string of the molecule is Cc1oc(CN(C)C(=O)CCN2C(=O)CCc3cc(F)ccc32)cc1C(=O)O. The molecule has 1 aromatic carbocycles. The van der Waals surface area contributed by atoms with Gasteiger partial charge in [-0.2, -0.15) is 0 Å². The Balaban J connectivity index is 1.63. The van der Waals surface area contributed by atoms with E-state index in [0.29, 0.717) is 17.9 Å². The average Bonchev–Trinajstić information content (AvgIpc) is 3.01. The average molecular weight is 388 g/mol. The second kappa shape index (κ2) is 7.84. The van der Waals surface area contributed by atoms with E-state index < -0.39 is 5.97 Å². The molecule has 2 amide bonds. The Kier molecular flexibility index (Phi) is 5.48. The molecule has 0 radical (unpaired) electrons. The number of amides is 2. The molecule has 0 saturated carbocycles. The number of aromatic carboxylic acids is 1. The Hall–Kier alpha value is -3.16. The summed E-state index contributed by atoms with van der Waals surface area (Å²) < 4.78 is 18.8. The van der Waals surface area contributed by atoms with Crippen molar-refractivity contribution in [3.63, 3.8) is 0 Å². The predicted octanol–water partition coefficient (Wildman–Crippen LogP) is 2.75. The third-order valence-electron chi connectivity index (χ3n) is 4.81. The Labute approximate surface area is 161 Å². The first-order chi connectivity index (χ1) is 13.3. The number of benzene rings is 1. The zero-order chi connectivity index (χ0) is 20.4. The number of fused-ring (bicyclic) bond motifs is 1. The van der Waals surface area contributed by atoms with Crippen LogP contribution in [0.5, 0.6) is 0 Å². The minimum absolute atomic E-state index is 0.0681. The molecule has 0 fully saturated rings. The number of aryl methyl sites for hydroxylation is 2. The molecular formula is C20H21FN2O5. The second-order valence-electron chi connectivity index (χ2n) is 6.81. The van der Waals surface area contributed by atoms with E-state index in [1.54, 1.807) is 20.0 Å². The van der Waals surface area contributed by atoms with Crippen molar-refractivity contribution >= 4 is 23.5 Å². The largest absolute Gasteiger partial charge is 0.478 e. The third kappa shape index (κ3) is 4.05. The molecule has 7 nitrogen and oxygen atoms in total. The Morgan fingerprint density at radius 1 is 1.29 bits per heavy atom. The van der Waals surface area contributed by atoms with Crippen LogP contribution in [0.4, 0.5) is 10.1 Å². The van der Waals surface area contributed by atoms with Crippen molar-refractivity contribution in [2.75, 3.05) is 18.5 Å². The van der Waals surface area contributed by atoms with Crippen LogP contribution in [-0.2, 0) is 22.6 Å². The first kappa shape index (κ1) is 19.6. The summed E-state index contributed by atoms with van der Waals surface area (Å²) in [6.07, 6.45) is 0.856. The number of hydrogen-bond donors (Lipinski definition) is 1. The number of carbonyl (C=O) groups is 3. The smallest absolute Gasteiger partial charge is 0.339 e. The maximum absolute atomic E-state index is 13.4. The van der Waals surface area contributed by atoms with Gasteiger partial charge in [0.1, 0.15) is 22.9 Å². The van der Waals surface area contributed by atoms with E-state index in [4.69, 9.17) is 9.52 Å². The summed E-state index contributed by atoms with van der Waals surface area (Å²) in [5.74, 6) is -1.08. The van der Waals surface area contributed by atoms with Crippen LogP contribution in [0.2, 0.25) is 0 Å². The van der Waals surface area contributed by atoms with Crippen molar-refractivity contribution in [3.05, 3.63) is 52.7 Å². The molecule has 0 spiro atoms. The van der Waals surface area contributed by atoms with Gasteiger partial charge in [0, 0.05) is 32.1 Å². The topological polar surface area (TPSA) is 91.1 Å². The molecule has 1 aliphatic heterocycles. The van der Waals surface area contributed by atoms with Crippen LogP contribution in [0.3, 0.4) is 0 Å². The number of carboxylic acids is 1. The quantitative estimate of drug-likeness (QED) is 0.822. The van der Waals surface area contributed by atoms with E-state index in [-0.39, 0.29) is 54.9 Å². The molecule has 28 heavy (non-hydrogen) atoms. The zero-order valence-electron chi connectivity index (χ0n) is 15.7. The van der Waals surface area contributed by atoms with Gasteiger partial charge in [-0.3, -0.25) is 9.59 Å². The van der Waals surface area contributed by atoms with Crippen molar-refractivity contribution in [2.24, 2.45) is 0 Å². The predicted molar refractivity (Wildman–Crippen MR) is 98.6 cm³/mol. The fourth-order valence-corrected chi connectivity index (χ4v) is 3.33. The highest BCUT2D eigenvalue weighted by Crippen LogP contribution is 2.28. The molecule has 1 aliphatic rings.